The number of fused-ring (bicyclic) bond motifs is 1. The number of rotatable bonds is 4. The summed E-state index contributed by atoms with van der Waals surface area (Å²) in [6, 6.07) is 9.54. The summed E-state index contributed by atoms with van der Waals surface area (Å²) in [4.78, 5) is 19.3. The van der Waals surface area contributed by atoms with E-state index in [-0.39, 0.29) is 12.1 Å². The number of anilines is 1. The summed E-state index contributed by atoms with van der Waals surface area (Å²) in [5.41, 5.74) is 0.883. The number of aromatic nitrogens is 1. The first-order valence-corrected chi connectivity index (χ1v) is 8.87. The molecule has 5 nitrogen and oxygen atoms in total. The van der Waals surface area contributed by atoms with Crippen molar-refractivity contribution in [1.82, 2.24) is 4.98 Å². The molecule has 1 aliphatic heterocycles. The van der Waals surface area contributed by atoms with Crippen LogP contribution in [-0.4, -0.2) is 37.3 Å². The normalized spacial score (nSPS) is 14.7. The van der Waals surface area contributed by atoms with Gasteiger partial charge in [-0.3, -0.25) is 0 Å². The smallest absolute Gasteiger partial charge is 0.348 e. The summed E-state index contributed by atoms with van der Waals surface area (Å²) in [6.45, 7) is 1.36. The van der Waals surface area contributed by atoms with Crippen molar-refractivity contribution in [3.8, 4) is 5.75 Å². The molecule has 0 bridgehead atoms. The second-order valence-electron chi connectivity index (χ2n) is 5.21. The monoisotopic (exact) mass is 346 g/mol. The summed E-state index contributed by atoms with van der Waals surface area (Å²) in [5, 5.41) is 2.81. The van der Waals surface area contributed by atoms with Gasteiger partial charge in [0.1, 0.15) is 22.2 Å². The number of thiazole rings is 1. The van der Waals surface area contributed by atoms with Gasteiger partial charge < -0.3 is 14.4 Å². The molecule has 1 aromatic carbocycles. The van der Waals surface area contributed by atoms with Crippen LogP contribution in [0.4, 0.5) is 5.13 Å². The van der Waals surface area contributed by atoms with Crippen molar-refractivity contribution in [3.63, 3.8) is 0 Å². The highest BCUT2D eigenvalue weighted by molar-refractivity contribution is 7.22. The van der Waals surface area contributed by atoms with E-state index in [1.165, 1.54) is 11.3 Å². The Balaban J connectivity index is 1.43. The fraction of sp³-hybridized carbons (Fsp3) is 0.250. The van der Waals surface area contributed by atoms with Crippen LogP contribution in [0.15, 0.2) is 35.7 Å². The Bertz CT molecular complexity index is 838. The topological polar surface area (TPSA) is 51.7 Å². The van der Waals surface area contributed by atoms with Gasteiger partial charge in [-0.05, 0) is 23.6 Å². The number of carbonyl (C=O) groups is 1. The van der Waals surface area contributed by atoms with Crippen molar-refractivity contribution >= 4 is 44.0 Å². The highest BCUT2D eigenvalue weighted by Gasteiger charge is 2.32. The molecule has 2 aromatic heterocycles. The maximum Gasteiger partial charge on any atom is 0.348 e. The zero-order chi connectivity index (χ0) is 15.8. The van der Waals surface area contributed by atoms with E-state index < -0.39 is 0 Å². The van der Waals surface area contributed by atoms with Gasteiger partial charge in [0.25, 0.3) is 0 Å². The molecular formula is C16H14N2O3S2. The summed E-state index contributed by atoms with van der Waals surface area (Å²) >= 11 is 3.03. The van der Waals surface area contributed by atoms with Crippen LogP contribution in [-0.2, 0) is 4.74 Å². The van der Waals surface area contributed by atoms with Crippen molar-refractivity contribution in [3.05, 3.63) is 40.6 Å². The molecule has 1 saturated heterocycles. The van der Waals surface area contributed by atoms with Crippen LogP contribution in [0.5, 0.6) is 5.75 Å². The Kier molecular flexibility index (Phi) is 3.66. The van der Waals surface area contributed by atoms with Gasteiger partial charge in [0.2, 0.25) is 0 Å². The molecular weight excluding hydrogens is 332 g/mol. The molecule has 0 atom stereocenters. The molecule has 3 heterocycles. The Hall–Kier alpha value is -2.12. The maximum absolute atomic E-state index is 11.9. The Labute approximate surface area is 141 Å². The van der Waals surface area contributed by atoms with Gasteiger partial charge in [0, 0.05) is 0 Å². The molecule has 118 valence electrons. The van der Waals surface area contributed by atoms with Gasteiger partial charge in [-0.1, -0.05) is 23.5 Å². The van der Waals surface area contributed by atoms with Crippen LogP contribution >= 0.6 is 22.7 Å². The molecule has 4 rings (SSSR count). The first-order valence-electron chi connectivity index (χ1n) is 7.17. The number of nitrogens with zero attached hydrogens (tertiary/aromatic N) is 2. The quantitative estimate of drug-likeness (QED) is 0.678. The lowest BCUT2D eigenvalue weighted by atomic mass is 10.2. The lowest BCUT2D eigenvalue weighted by molar-refractivity contribution is 0.0240. The third-order valence-corrected chi connectivity index (χ3v) is 5.64. The van der Waals surface area contributed by atoms with E-state index in [1.807, 2.05) is 29.6 Å². The molecule has 0 spiro atoms. The SMILES string of the molecule is COc1cccc2sc(N3CC(OC(=O)c4cccs4)C3)nc12. The Morgan fingerprint density at radius 1 is 1.30 bits per heavy atom. The number of ether oxygens (including phenoxy) is 2. The third-order valence-electron chi connectivity index (χ3n) is 3.71. The van der Waals surface area contributed by atoms with Gasteiger partial charge in [0.15, 0.2) is 5.13 Å². The number of thiophene rings is 1. The largest absolute Gasteiger partial charge is 0.494 e. The minimum atomic E-state index is -0.240. The van der Waals surface area contributed by atoms with E-state index in [4.69, 9.17) is 9.47 Å². The zero-order valence-electron chi connectivity index (χ0n) is 12.4. The number of para-hydroxylation sites is 1. The van der Waals surface area contributed by atoms with E-state index in [2.05, 4.69) is 9.88 Å². The fourth-order valence-corrected chi connectivity index (χ4v) is 4.09. The molecule has 0 unspecified atom stereocenters. The van der Waals surface area contributed by atoms with Gasteiger partial charge in [0.05, 0.1) is 24.9 Å². The molecule has 23 heavy (non-hydrogen) atoms. The standard InChI is InChI=1S/C16H14N2O3S2/c1-20-11-4-2-5-12-14(11)17-16(23-12)18-8-10(9-18)21-15(19)13-6-3-7-22-13/h2-7,10H,8-9H2,1H3. The number of esters is 1. The average Bonchev–Trinajstić information content (AvgIpc) is 3.18. The predicted octanol–water partition coefficient (Wildman–Crippen LogP) is 3.41. The van der Waals surface area contributed by atoms with Crippen molar-refractivity contribution in [2.24, 2.45) is 0 Å². The molecule has 0 amide bonds. The minimum Gasteiger partial charge on any atom is -0.494 e. The lowest BCUT2D eigenvalue weighted by Crippen LogP contribution is -2.53. The van der Waals surface area contributed by atoms with Crippen LogP contribution in [0.2, 0.25) is 0 Å². The molecule has 7 heteroatoms. The van der Waals surface area contributed by atoms with Crippen molar-refractivity contribution in [1.29, 1.82) is 0 Å². The minimum absolute atomic E-state index is 0.0708. The highest BCUT2D eigenvalue weighted by Crippen LogP contribution is 2.36. The van der Waals surface area contributed by atoms with Gasteiger partial charge in [-0.25, -0.2) is 9.78 Å². The van der Waals surface area contributed by atoms with Crippen LogP contribution in [0, 0.1) is 0 Å². The van der Waals surface area contributed by atoms with E-state index >= 15 is 0 Å². The van der Waals surface area contributed by atoms with Gasteiger partial charge in [-0.2, -0.15) is 0 Å². The Morgan fingerprint density at radius 3 is 2.91 bits per heavy atom. The average molecular weight is 346 g/mol. The fourth-order valence-electron chi connectivity index (χ4n) is 2.48. The molecule has 0 N–H and O–H groups in total. The molecule has 1 aliphatic rings. The van der Waals surface area contributed by atoms with Gasteiger partial charge in [-0.15, -0.1) is 11.3 Å². The summed E-state index contributed by atoms with van der Waals surface area (Å²) in [6.07, 6.45) is -0.0708. The summed E-state index contributed by atoms with van der Waals surface area (Å²) in [5.74, 6) is 0.543. The lowest BCUT2D eigenvalue weighted by Gasteiger charge is -2.38. The zero-order valence-corrected chi connectivity index (χ0v) is 14.0. The maximum atomic E-state index is 11.9. The summed E-state index contributed by atoms with van der Waals surface area (Å²) < 4.78 is 11.9. The van der Waals surface area contributed by atoms with Crippen LogP contribution in [0.1, 0.15) is 9.67 Å². The number of hydrogen-bond donors (Lipinski definition) is 0. The van der Waals surface area contributed by atoms with E-state index in [0.29, 0.717) is 18.0 Å². The number of carbonyl (C=O) groups excluding carboxylic acids is 1. The molecule has 0 saturated carbocycles. The molecule has 3 aromatic rings. The third kappa shape index (κ3) is 2.66. The number of hydrogen-bond acceptors (Lipinski definition) is 7. The van der Waals surface area contributed by atoms with Gasteiger partial charge >= 0.3 is 5.97 Å². The second kappa shape index (κ2) is 5.82. The number of benzene rings is 1. The Morgan fingerprint density at radius 2 is 2.17 bits per heavy atom. The number of methoxy groups -OCH3 is 1. The second-order valence-corrected chi connectivity index (χ2v) is 7.17. The molecule has 0 aliphatic carbocycles. The first kappa shape index (κ1) is 14.5. The van der Waals surface area contributed by atoms with Crippen LogP contribution < -0.4 is 9.64 Å². The van der Waals surface area contributed by atoms with Crippen LogP contribution in [0.3, 0.4) is 0 Å². The first-order chi connectivity index (χ1) is 11.2. The summed E-state index contributed by atoms with van der Waals surface area (Å²) in [7, 11) is 1.65. The highest BCUT2D eigenvalue weighted by atomic mass is 32.1. The van der Waals surface area contributed by atoms with E-state index in [9.17, 15) is 4.79 Å². The van der Waals surface area contributed by atoms with E-state index in [0.717, 1.165) is 21.1 Å². The molecule has 1 fully saturated rings. The predicted molar refractivity (Wildman–Crippen MR) is 91.9 cm³/mol. The van der Waals surface area contributed by atoms with Crippen molar-refractivity contribution in [2.75, 3.05) is 25.1 Å². The van der Waals surface area contributed by atoms with Crippen molar-refractivity contribution in [2.45, 2.75) is 6.10 Å². The van der Waals surface area contributed by atoms with Crippen LogP contribution in [0.25, 0.3) is 10.2 Å². The van der Waals surface area contributed by atoms with E-state index in [1.54, 1.807) is 24.5 Å². The molecule has 0 radical (unpaired) electrons. The van der Waals surface area contributed by atoms with Crippen molar-refractivity contribution < 1.29 is 14.3 Å².